The summed E-state index contributed by atoms with van der Waals surface area (Å²) < 4.78 is 44.2. The lowest BCUT2D eigenvalue weighted by Gasteiger charge is -2.31. The van der Waals surface area contributed by atoms with Gasteiger partial charge in [-0.25, -0.2) is 9.97 Å². The van der Waals surface area contributed by atoms with E-state index in [1.54, 1.807) is 18.3 Å². The summed E-state index contributed by atoms with van der Waals surface area (Å²) in [5.41, 5.74) is 2.72. The number of anilines is 1. The number of H-pyrrole nitrogens is 1. The Hall–Kier alpha value is -3.28. The van der Waals surface area contributed by atoms with Crippen LogP contribution in [0.4, 0.5) is 19.1 Å². The summed E-state index contributed by atoms with van der Waals surface area (Å²) in [6.45, 7) is 3.10. The van der Waals surface area contributed by atoms with E-state index < -0.39 is 12.2 Å². The fourth-order valence-electron chi connectivity index (χ4n) is 5.78. The number of hydrogen-bond donors (Lipinski definition) is 1. The maximum absolute atomic E-state index is 14.1. The normalized spacial score (nSPS) is 22.4. The minimum atomic E-state index is -4.35. The molecule has 4 aromatic rings. The predicted molar refractivity (Wildman–Crippen MR) is 136 cm³/mol. The van der Waals surface area contributed by atoms with Crippen LogP contribution in [0, 0.1) is 11.8 Å². The van der Waals surface area contributed by atoms with Crippen molar-refractivity contribution < 1.29 is 13.2 Å². The number of aromatic amines is 1. The maximum Gasteiger partial charge on any atom is 0.408 e. The van der Waals surface area contributed by atoms with E-state index in [1.165, 1.54) is 11.1 Å². The summed E-state index contributed by atoms with van der Waals surface area (Å²) >= 11 is 6.29. The minimum absolute atomic E-state index is 0.0467. The molecule has 0 spiro atoms. The Kier molecular flexibility index (Phi) is 6.45. The number of nitrogens with one attached hydrogen (secondary N) is 1. The van der Waals surface area contributed by atoms with Gasteiger partial charge in [-0.05, 0) is 54.9 Å². The molecule has 1 N–H and O–H groups in total. The van der Waals surface area contributed by atoms with Gasteiger partial charge in [-0.15, -0.1) is 10.2 Å². The molecule has 1 aliphatic heterocycles. The first kappa shape index (κ1) is 25.0. The zero-order valence-corrected chi connectivity index (χ0v) is 21.5. The van der Waals surface area contributed by atoms with E-state index in [1.807, 2.05) is 4.57 Å². The summed E-state index contributed by atoms with van der Waals surface area (Å²) in [6, 6.07) is 1.87. The molecular weight excluding hydrogens is 519 g/mol. The molecule has 0 radical (unpaired) electrons. The summed E-state index contributed by atoms with van der Waals surface area (Å²) in [7, 11) is 0. The van der Waals surface area contributed by atoms with Gasteiger partial charge in [0.2, 0.25) is 11.8 Å². The minimum Gasteiger partial charge on any atom is -0.330 e. The highest BCUT2D eigenvalue weighted by atomic mass is 35.5. The number of alkyl halides is 3. The number of nitrogens with zero attached hydrogens (tertiary/aromatic N) is 8. The zero-order valence-electron chi connectivity index (χ0n) is 20.8. The van der Waals surface area contributed by atoms with Crippen molar-refractivity contribution in [3.05, 3.63) is 29.5 Å². The number of imidazole rings is 1. The van der Waals surface area contributed by atoms with Crippen molar-refractivity contribution in [3.8, 4) is 22.8 Å². The van der Waals surface area contributed by atoms with Crippen LogP contribution in [0.1, 0.15) is 45.4 Å². The topological polar surface area (TPSA) is 101 Å². The lowest BCUT2D eigenvalue weighted by atomic mass is 9.83. The molecule has 1 saturated carbocycles. The number of halogens is 4. The number of tetrazole rings is 1. The van der Waals surface area contributed by atoms with Crippen LogP contribution in [0.2, 0.25) is 5.02 Å². The second-order valence-corrected chi connectivity index (χ2v) is 10.8. The average molecular weight is 546 g/mol. The average Bonchev–Trinajstić information content (AvgIpc) is 3.65. The molecule has 4 aromatic heterocycles. The molecule has 0 bridgehead atoms. The third kappa shape index (κ3) is 4.70. The summed E-state index contributed by atoms with van der Waals surface area (Å²) in [4.78, 5) is 15.3. The van der Waals surface area contributed by atoms with Crippen LogP contribution in [-0.2, 0) is 6.54 Å². The van der Waals surface area contributed by atoms with Crippen molar-refractivity contribution >= 4 is 28.6 Å². The SMILES string of the molecule is CC1CCC(Cn2c(N3CCC[C@H]3C(F)(F)F)nc3cc(-c4nn[nH]n4)nc(-c4cncc(Cl)c4)c32)CC1. The van der Waals surface area contributed by atoms with Crippen molar-refractivity contribution in [2.24, 2.45) is 11.8 Å². The Morgan fingerprint density at radius 1 is 1.08 bits per heavy atom. The van der Waals surface area contributed by atoms with Crippen LogP contribution < -0.4 is 4.90 Å². The highest BCUT2D eigenvalue weighted by molar-refractivity contribution is 6.30. The van der Waals surface area contributed by atoms with Crippen LogP contribution in [0.3, 0.4) is 0 Å². The monoisotopic (exact) mass is 545 g/mol. The van der Waals surface area contributed by atoms with Crippen molar-refractivity contribution in [1.29, 1.82) is 0 Å². The first-order chi connectivity index (χ1) is 18.3. The molecule has 38 heavy (non-hydrogen) atoms. The fourth-order valence-corrected chi connectivity index (χ4v) is 5.95. The highest BCUT2D eigenvalue weighted by Gasteiger charge is 2.47. The molecule has 0 unspecified atom stereocenters. The van der Waals surface area contributed by atoms with Gasteiger partial charge >= 0.3 is 6.18 Å². The number of aromatic nitrogens is 8. The van der Waals surface area contributed by atoms with Gasteiger partial charge in [-0.2, -0.15) is 18.4 Å². The van der Waals surface area contributed by atoms with Crippen molar-refractivity contribution in [3.63, 3.8) is 0 Å². The van der Waals surface area contributed by atoms with Gasteiger partial charge in [-0.3, -0.25) is 4.98 Å². The highest BCUT2D eigenvalue weighted by Crippen LogP contribution is 2.41. The Labute approximate surface area is 221 Å². The first-order valence-corrected chi connectivity index (χ1v) is 13.2. The number of fused-ring (bicyclic) bond motifs is 1. The molecule has 2 aliphatic rings. The van der Waals surface area contributed by atoms with E-state index >= 15 is 0 Å². The van der Waals surface area contributed by atoms with E-state index in [-0.39, 0.29) is 18.8 Å². The van der Waals surface area contributed by atoms with Crippen LogP contribution >= 0.6 is 11.6 Å². The predicted octanol–water partition coefficient (Wildman–Crippen LogP) is 5.68. The van der Waals surface area contributed by atoms with Gasteiger partial charge in [0.05, 0.1) is 21.7 Å². The molecule has 6 rings (SSSR count). The third-order valence-electron chi connectivity index (χ3n) is 7.72. The van der Waals surface area contributed by atoms with Crippen LogP contribution in [0.15, 0.2) is 24.5 Å². The Bertz CT molecular complexity index is 1430. The van der Waals surface area contributed by atoms with Crippen LogP contribution in [0.5, 0.6) is 0 Å². The Balaban J connectivity index is 1.58. The largest absolute Gasteiger partial charge is 0.408 e. The first-order valence-electron chi connectivity index (χ1n) is 12.9. The van der Waals surface area contributed by atoms with Crippen LogP contribution in [0.25, 0.3) is 33.8 Å². The Morgan fingerprint density at radius 3 is 2.61 bits per heavy atom. The van der Waals surface area contributed by atoms with Gasteiger partial charge in [0.1, 0.15) is 11.7 Å². The van der Waals surface area contributed by atoms with Crippen molar-refractivity contribution in [2.45, 2.75) is 64.2 Å². The van der Waals surface area contributed by atoms with E-state index in [0.29, 0.717) is 63.8 Å². The quantitative estimate of drug-likeness (QED) is 0.344. The van der Waals surface area contributed by atoms with Gasteiger partial charge in [0.25, 0.3) is 0 Å². The van der Waals surface area contributed by atoms with Gasteiger partial charge < -0.3 is 9.47 Å². The van der Waals surface area contributed by atoms with E-state index in [2.05, 4.69) is 32.5 Å². The fraction of sp³-hybridized carbons (Fsp3) is 0.520. The summed E-state index contributed by atoms with van der Waals surface area (Å²) in [6.07, 6.45) is 3.55. The molecule has 200 valence electrons. The molecule has 13 heteroatoms. The maximum atomic E-state index is 14.1. The molecule has 5 heterocycles. The van der Waals surface area contributed by atoms with E-state index in [0.717, 1.165) is 25.7 Å². The standard InChI is InChI=1S/C25H27ClF3N9/c1-14-4-6-15(7-5-14)13-38-22-18(32-24(38)37-8-2-3-20(37)25(27,28)29)10-19(23-33-35-36-34-23)31-21(22)16-9-17(26)12-30-11-16/h9-12,14-15,20H,2-8,13H2,1H3,(H,33,34,35,36)/t14?,15?,20-/m0/s1. The second-order valence-electron chi connectivity index (χ2n) is 10.4. The molecule has 2 fully saturated rings. The lowest BCUT2D eigenvalue weighted by Crippen LogP contribution is -2.42. The molecule has 1 aliphatic carbocycles. The third-order valence-corrected chi connectivity index (χ3v) is 7.93. The molecule has 1 saturated heterocycles. The van der Waals surface area contributed by atoms with Crippen LogP contribution in [-0.4, -0.2) is 58.9 Å². The van der Waals surface area contributed by atoms with E-state index in [4.69, 9.17) is 21.6 Å². The molecule has 1 atom stereocenters. The lowest BCUT2D eigenvalue weighted by molar-refractivity contribution is -0.146. The van der Waals surface area contributed by atoms with Crippen molar-refractivity contribution in [2.75, 3.05) is 11.4 Å². The smallest absolute Gasteiger partial charge is 0.330 e. The van der Waals surface area contributed by atoms with Gasteiger partial charge in [0.15, 0.2) is 0 Å². The summed E-state index contributed by atoms with van der Waals surface area (Å²) in [5.74, 6) is 1.57. The zero-order chi connectivity index (χ0) is 26.4. The number of rotatable bonds is 5. The molecule has 0 aromatic carbocycles. The van der Waals surface area contributed by atoms with Gasteiger partial charge in [0, 0.05) is 31.0 Å². The van der Waals surface area contributed by atoms with E-state index in [9.17, 15) is 13.2 Å². The second kappa shape index (κ2) is 9.79. The molecule has 9 nitrogen and oxygen atoms in total. The van der Waals surface area contributed by atoms with Crippen molar-refractivity contribution in [1.82, 2.24) is 40.1 Å². The number of pyridine rings is 2. The number of hydrogen-bond acceptors (Lipinski definition) is 7. The molecular formula is C25H27ClF3N9. The molecule has 0 amide bonds. The Morgan fingerprint density at radius 2 is 1.89 bits per heavy atom. The van der Waals surface area contributed by atoms with Gasteiger partial charge in [-0.1, -0.05) is 31.4 Å². The summed E-state index contributed by atoms with van der Waals surface area (Å²) in [5, 5.41) is 14.6.